The van der Waals surface area contributed by atoms with Crippen LogP contribution in [0.1, 0.15) is 38.6 Å². The van der Waals surface area contributed by atoms with Gasteiger partial charge in [-0.05, 0) is 47.6 Å². The minimum Gasteiger partial charge on any atom is -0.505 e. The molecule has 1 heterocycles. The molecule has 1 aliphatic carbocycles. The molecule has 1 fully saturated rings. The highest BCUT2D eigenvalue weighted by atomic mass is 79.9. The summed E-state index contributed by atoms with van der Waals surface area (Å²) in [5.74, 6) is -0.726. The summed E-state index contributed by atoms with van der Waals surface area (Å²) < 4.78 is 12.3. The van der Waals surface area contributed by atoms with Gasteiger partial charge in [-0.25, -0.2) is 4.79 Å². The number of hydrogen-bond donors (Lipinski definition) is 1. The number of pyridine rings is 1. The van der Waals surface area contributed by atoms with E-state index in [1.165, 1.54) is 12.3 Å². The van der Waals surface area contributed by atoms with Crippen LogP contribution < -0.4 is 5.56 Å². The van der Waals surface area contributed by atoms with Crippen molar-refractivity contribution < 1.29 is 19.4 Å². The first-order valence-corrected chi connectivity index (χ1v) is 9.14. The van der Waals surface area contributed by atoms with E-state index in [-0.39, 0.29) is 36.4 Å². The maximum Gasteiger partial charge on any atom is 0.329 e. The lowest BCUT2D eigenvalue weighted by Gasteiger charge is -2.40. The smallest absolute Gasteiger partial charge is 0.329 e. The number of esters is 1. The second-order valence-corrected chi connectivity index (χ2v) is 6.94. The first-order chi connectivity index (χ1) is 12.4. The number of aromatic hydroxyl groups is 1. The predicted molar refractivity (Wildman–Crippen MR) is 96.9 cm³/mol. The van der Waals surface area contributed by atoms with E-state index in [2.05, 4.69) is 26.0 Å². The average Bonchev–Trinajstić information content (AvgIpc) is 2.57. The second kappa shape index (κ2) is 9.07. The third-order valence-corrected chi connectivity index (χ3v) is 5.03. The molecule has 0 aliphatic heterocycles. The van der Waals surface area contributed by atoms with Crippen molar-refractivity contribution in [3.63, 3.8) is 0 Å². The number of azide groups is 1. The SMILES string of the molecule is CCOC(=O)C(CCOC1(CN=[N+]=[N-])CCC1)n1cc(O)c(Br)cc1=O. The molecule has 0 bridgehead atoms. The maximum absolute atomic E-state index is 12.3. The van der Waals surface area contributed by atoms with Crippen LogP contribution in [0.5, 0.6) is 5.75 Å². The molecule has 26 heavy (non-hydrogen) atoms. The molecule has 1 aliphatic rings. The molecule has 1 N–H and O–H groups in total. The van der Waals surface area contributed by atoms with Gasteiger partial charge >= 0.3 is 5.97 Å². The lowest BCUT2D eigenvalue weighted by Crippen LogP contribution is -2.43. The van der Waals surface area contributed by atoms with Gasteiger partial charge in [-0.1, -0.05) is 5.11 Å². The molecule has 0 aromatic carbocycles. The summed E-state index contributed by atoms with van der Waals surface area (Å²) >= 11 is 3.07. The largest absolute Gasteiger partial charge is 0.505 e. The lowest BCUT2D eigenvalue weighted by atomic mass is 9.80. The Morgan fingerprint density at radius 3 is 2.88 bits per heavy atom. The Kier molecular flexibility index (Phi) is 7.07. The molecule has 10 heteroatoms. The standard InChI is InChI=1S/C16H21BrN4O5/c1-2-25-15(24)12(21-9-13(22)11(17)8-14(21)23)4-7-26-16(5-3-6-16)10-19-20-18/h8-9,12,22H,2-7,10H2,1H3. The number of hydrogen-bond acceptors (Lipinski definition) is 6. The van der Waals surface area contributed by atoms with Gasteiger partial charge in [-0.2, -0.15) is 0 Å². The molecule has 1 saturated carbocycles. The third kappa shape index (κ3) is 4.78. The first-order valence-electron chi connectivity index (χ1n) is 8.34. The highest BCUT2D eigenvalue weighted by Crippen LogP contribution is 2.36. The first kappa shape index (κ1) is 20.3. The van der Waals surface area contributed by atoms with Crippen molar-refractivity contribution in [2.45, 2.75) is 44.2 Å². The van der Waals surface area contributed by atoms with Gasteiger partial charge in [0.1, 0.15) is 11.8 Å². The van der Waals surface area contributed by atoms with Crippen LogP contribution in [-0.2, 0) is 14.3 Å². The number of halogens is 1. The molecule has 0 amide bonds. The second-order valence-electron chi connectivity index (χ2n) is 6.08. The van der Waals surface area contributed by atoms with Crippen LogP contribution in [0.4, 0.5) is 0 Å². The van der Waals surface area contributed by atoms with Crippen molar-refractivity contribution in [2.75, 3.05) is 19.8 Å². The van der Waals surface area contributed by atoms with E-state index in [1.807, 2.05) is 0 Å². The zero-order valence-electron chi connectivity index (χ0n) is 14.4. The van der Waals surface area contributed by atoms with Crippen LogP contribution in [-0.4, -0.2) is 41.0 Å². The molecule has 0 radical (unpaired) electrons. The van der Waals surface area contributed by atoms with Gasteiger partial charge in [0.15, 0.2) is 0 Å². The number of nitrogens with zero attached hydrogens (tertiary/aromatic N) is 4. The van der Waals surface area contributed by atoms with Crippen LogP contribution in [0.2, 0.25) is 0 Å². The van der Waals surface area contributed by atoms with E-state index in [9.17, 15) is 14.7 Å². The summed E-state index contributed by atoms with van der Waals surface area (Å²) in [6, 6.07) is 0.273. The van der Waals surface area contributed by atoms with Crippen molar-refractivity contribution >= 4 is 21.9 Å². The quantitative estimate of drug-likeness (QED) is 0.279. The fraction of sp³-hybridized carbons (Fsp3) is 0.625. The van der Waals surface area contributed by atoms with Crippen molar-refractivity contribution in [1.82, 2.24) is 4.57 Å². The average molecular weight is 429 g/mol. The normalized spacial score (nSPS) is 16.2. The molecule has 1 aromatic rings. The van der Waals surface area contributed by atoms with E-state index in [0.717, 1.165) is 23.8 Å². The van der Waals surface area contributed by atoms with E-state index in [4.69, 9.17) is 15.0 Å². The molecule has 1 atom stereocenters. The molecule has 9 nitrogen and oxygen atoms in total. The topological polar surface area (TPSA) is 127 Å². The molecule has 2 rings (SSSR count). The number of ether oxygens (including phenoxy) is 2. The van der Waals surface area contributed by atoms with E-state index in [1.54, 1.807) is 6.92 Å². The summed E-state index contributed by atoms with van der Waals surface area (Å²) in [5.41, 5.74) is 7.57. The summed E-state index contributed by atoms with van der Waals surface area (Å²) in [6.45, 7) is 2.28. The van der Waals surface area contributed by atoms with Gasteiger partial charge in [-0.3, -0.25) is 9.36 Å². The van der Waals surface area contributed by atoms with Crippen LogP contribution in [0.3, 0.4) is 0 Å². The summed E-state index contributed by atoms with van der Waals surface area (Å²) in [4.78, 5) is 27.3. The molecular weight excluding hydrogens is 408 g/mol. The highest BCUT2D eigenvalue weighted by Gasteiger charge is 2.37. The number of carbonyl (C=O) groups excluding carboxylic acids is 1. The Balaban J connectivity index is 2.13. The Morgan fingerprint density at radius 1 is 1.58 bits per heavy atom. The minimum atomic E-state index is -0.918. The molecule has 0 saturated heterocycles. The fourth-order valence-corrected chi connectivity index (χ4v) is 3.13. The van der Waals surface area contributed by atoms with Gasteiger partial charge in [-0.15, -0.1) is 0 Å². The van der Waals surface area contributed by atoms with E-state index in [0.29, 0.717) is 0 Å². The van der Waals surface area contributed by atoms with Crippen molar-refractivity contribution in [3.05, 3.63) is 37.5 Å². The fourth-order valence-electron chi connectivity index (χ4n) is 2.83. The number of rotatable bonds is 9. The number of aromatic nitrogens is 1. The summed E-state index contributed by atoms with van der Waals surface area (Å²) in [6.07, 6.45) is 3.96. The Morgan fingerprint density at radius 2 is 2.31 bits per heavy atom. The molecule has 1 aromatic heterocycles. The van der Waals surface area contributed by atoms with Crippen molar-refractivity contribution in [1.29, 1.82) is 0 Å². The van der Waals surface area contributed by atoms with Gasteiger partial charge in [0.05, 0.1) is 29.4 Å². The Bertz CT molecular complexity index is 755. The minimum absolute atomic E-state index is 0.154. The predicted octanol–water partition coefficient (Wildman–Crippen LogP) is 3.06. The Labute approximate surface area is 158 Å². The van der Waals surface area contributed by atoms with Gasteiger partial charge in [0.25, 0.3) is 5.56 Å². The zero-order chi connectivity index (χ0) is 19.2. The number of carbonyl (C=O) groups is 1. The van der Waals surface area contributed by atoms with Crippen molar-refractivity contribution in [3.8, 4) is 5.75 Å². The zero-order valence-corrected chi connectivity index (χ0v) is 16.0. The maximum atomic E-state index is 12.3. The molecule has 142 valence electrons. The van der Waals surface area contributed by atoms with Gasteiger partial charge < -0.3 is 14.6 Å². The monoisotopic (exact) mass is 428 g/mol. The summed E-state index contributed by atoms with van der Waals surface area (Å²) in [7, 11) is 0. The van der Waals surface area contributed by atoms with E-state index < -0.39 is 23.2 Å². The highest BCUT2D eigenvalue weighted by molar-refractivity contribution is 9.10. The van der Waals surface area contributed by atoms with Crippen LogP contribution in [0.25, 0.3) is 10.4 Å². The summed E-state index contributed by atoms with van der Waals surface area (Å²) in [5, 5.41) is 13.4. The molecular formula is C16H21BrN4O5. The van der Waals surface area contributed by atoms with E-state index >= 15 is 0 Å². The van der Waals surface area contributed by atoms with Crippen LogP contribution >= 0.6 is 15.9 Å². The van der Waals surface area contributed by atoms with Crippen molar-refractivity contribution in [2.24, 2.45) is 5.11 Å². The lowest BCUT2D eigenvalue weighted by molar-refractivity contribution is -0.149. The van der Waals surface area contributed by atoms with Crippen LogP contribution in [0, 0.1) is 0 Å². The van der Waals surface area contributed by atoms with Crippen LogP contribution in [0.15, 0.2) is 26.6 Å². The molecule has 1 unspecified atom stereocenters. The molecule has 0 spiro atoms. The van der Waals surface area contributed by atoms with Gasteiger partial charge in [0.2, 0.25) is 0 Å². The van der Waals surface area contributed by atoms with Gasteiger partial charge in [0, 0.05) is 24.0 Å². The Hall–Kier alpha value is -2.03. The third-order valence-electron chi connectivity index (χ3n) is 4.39.